The molecule has 5 heterocycles. The van der Waals surface area contributed by atoms with Crippen LogP contribution < -0.4 is 10.6 Å². The Balaban J connectivity index is 1.76. The van der Waals surface area contributed by atoms with Gasteiger partial charge in [-0.05, 0) is 66.8 Å². The number of aliphatic hydroxyl groups is 1. The summed E-state index contributed by atoms with van der Waals surface area (Å²) in [6.07, 6.45) is 19.7. The molecule has 5 heteroatoms. The maximum Gasteiger partial charge on any atom is 0.107 e. The first-order valence-electron chi connectivity index (χ1n) is 9.93. The fourth-order valence-corrected chi connectivity index (χ4v) is 3.56. The fourth-order valence-electron chi connectivity index (χ4n) is 3.56. The van der Waals surface area contributed by atoms with Gasteiger partial charge in [-0.3, -0.25) is 0 Å². The predicted octanol–water partition coefficient (Wildman–Crippen LogP) is 3.66. The van der Waals surface area contributed by atoms with Crippen molar-refractivity contribution in [3.8, 4) is 0 Å². The third-order valence-corrected chi connectivity index (χ3v) is 5.07. The first-order valence-corrected chi connectivity index (χ1v) is 9.93. The Bertz CT molecular complexity index is 1360. The summed E-state index contributed by atoms with van der Waals surface area (Å²) in [6, 6.07) is 1.96. The van der Waals surface area contributed by atoms with Crippen molar-refractivity contribution >= 4 is 35.0 Å². The summed E-state index contributed by atoms with van der Waals surface area (Å²) in [5.74, 6) is 0.332. The fraction of sp³-hybridized carbons (Fsp3) is 0.160. The minimum atomic E-state index is -0.374. The van der Waals surface area contributed by atoms with E-state index in [9.17, 15) is 5.11 Å². The number of hydrogen-bond acceptors (Lipinski definition) is 4. The van der Waals surface area contributed by atoms with E-state index in [1.54, 1.807) is 0 Å². The van der Waals surface area contributed by atoms with Crippen LogP contribution in [0.3, 0.4) is 0 Å². The van der Waals surface area contributed by atoms with Crippen LogP contribution in [0.2, 0.25) is 0 Å². The molecule has 5 nitrogen and oxygen atoms in total. The minimum absolute atomic E-state index is 0.332. The molecule has 0 spiro atoms. The molecule has 148 valence electrons. The zero-order valence-electron chi connectivity index (χ0n) is 17.1. The molecule has 1 aromatic rings. The van der Waals surface area contributed by atoms with Crippen LogP contribution in [0.15, 0.2) is 86.7 Å². The van der Waals surface area contributed by atoms with E-state index in [0.29, 0.717) is 5.76 Å². The monoisotopic (exact) mass is 394 g/mol. The lowest BCUT2D eigenvalue weighted by molar-refractivity contribution is 0.369. The minimum Gasteiger partial charge on any atom is -0.511 e. The van der Waals surface area contributed by atoms with Crippen molar-refractivity contribution in [3.63, 3.8) is 0 Å². The zero-order chi connectivity index (χ0) is 20.9. The van der Waals surface area contributed by atoms with Crippen LogP contribution in [0.1, 0.15) is 26.5 Å². The average Bonchev–Trinajstić information content (AvgIpc) is 3.45. The molecule has 0 saturated carbocycles. The largest absolute Gasteiger partial charge is 0.511 e. The SMILES string of the molecule is CC(C)(C)/C(O)=c1\cc2[nH]c1=CC1=NC(=CC3=NC(=CC4=NC(=C2)C=C4)C=C3)C=C1. The zero-order valence-corrected chi connectivity index (χ0v) is 17.1. The number of aromatic nitrogens is 1. The van der Waals surface area contributed by atoms with Gasteiger partial charge in [-0.25, -0.2) is 15.0 Å². The summed E-state index contributed by atoms with van der Waals surface area (Å²) in [5.41, 5.74) is 5.58. The molecule has 8 bridgehead atoms. The first kappa shape index (κ1) is 18.3. The molecule has 0 radical (unpaired) electrons. The van der Waals surface area contributed by atoms with Crippen LogP contribution in [0.4, 0.5) is 0 Å². The van der Waals surface area contributed by atoms with E-state index in [0.717, 1.165) is 50.5 Å². The molecule has 0 saturated heterocycles. The molecule has 4 aliphatic rings. The van der Waals surface area contributed by atoms with E-state index in [2.05, 4.69) is 20.0 Å². The van der Waals surface area contributed by atoms with Crippen molar-refractivity contribution in [2.75, 3.05) is 0 Å². The normalized spacial score (nSPS) is 20.2. The van der Waals surface area contributed by atoms with Gasteiger partial charge in [0.2, 0.25) is 0 Å². The molecule has 4 aliphatic heterocycles. The maximum absolute atomic E-state index is 10.9. The molecular weight excluding hydrogens is 372 g/mol. The van der Waals surface area contributed by atoms with E-state index in [-0.39, 0.29) is 5.41 Å². The lowest BCUT2D eigenvalue weighted by Crippen LogP contribution is -2.30. The van der Waals surface area contributed by atoms with E-state index in [4.69, 9.17) is 0 Å². The number of nitrogens with one attached hydrogen (secondary N) is 1. The highest BCUT2D eigenvalue weighted by Crippen LogP contribution is 2.22. The van der Waals surface area contributed by atoms with Gasteiger partial charge in [-0.1, -0.05) is 20.8 Å². The lowest BCUT2D eigenvalue weighted by atomic mass is 9.92. The van der Waals surface area contributed by atoms with E-state index in [1.165, 1.54) is 0 Å². The second-order valence-electron chi connectivity index (χ2n) is 8.61. The maximum atomic E-state index is 10.9. The number of rotatable bonds is 0. The van der Waals surface area contributed by atoms with Crippen molar-refractivity contribution < 1.29 is 5.11 Å². The third-order valence-electron chi connectivity index (χ3n) is 5.07. The van der Waals surface area contributed by atoms with Crippen LogP contribution in [-0.4, -0.2) is 27.2 Å². The average molecular weight is 394 g/mol. The quantitative estimate of drug-likeness (QED) is 0.692. The lowest BCUT2D eigenvalue weighted by Gasteiger charge is -2.16. The van der Waals surface area contributed by atoms with Gasteiger partial charge in [0.1, 0.15) is 5.76 Å². The highest BCUT2D eigenvalue weighted by molar-refractivity contribution is 6.20. The van der Waals surface area contributed by atoms with Crippen molar-refractivity contribution in [2.45, 2.75) is 20.8 Å². The van der Waals surface area contributed by atoms with Crippen molar-refractivity contribution in [1.29, 1.82) is 0 Å². The standard InChI is InChI=1S/C25H22N4O/c1-25(2,3)24(30)22-13-21-12-19-7-6-17(27-19)10-15-4-5-16(26-15)11-18-8-9-20(28-18)14-23(22)29-21/h4-14,29-30H,1-3H3/b15-10?,18-11?,19-12?,23-14?,24-22-. The van der Waals surface area contributed by atoms with E-state index < -0.39 is 0 Å². The van der Waals surface area contributed by atoms with Crippen LogP contribution in [0.25, 0.3) is 17.9 Å². The second-order valence-corrected chi connectivity index (χ2v) is 8.61. The van der Waals surface area contributed by atoms with Crippen molar-refractivity contribution in [1.82, 2.24) is 4.98 Å². The molecule has 0 fully saturated rings. The molecule has 0 unspecified atom stereocenters. The first-order chi connectivity index (χ1) is 14.3. The predicted molar refractivity (Wildman–Crippen MR) is 124 cm³/mol. The smallest absolute Gasteiger partial charge is 0.107 e. The third kappa shape index (κ3) is 3.50. The van der Waals surface area contributed by atoms with Crippen LogP contribution in [0.5, 0.6) is 0 Å². The topological polar surface area (TPSA) is 73.1 Å². The van der Waals surface area contributed by atoms with Gasteiger partial charge < -0.3 is 10.1 Å². The second kappa shape index (κ2) is 6.66. The van der Waals surface area contributed by atoms with E-state index in [1.807, 2.05) is 87.6 Å². The Labute approximate surface area is 174 Å². The molecule has 0 atom stereocenters. The number of nitrogens with zero attached hydrogens (tertiary/aromatic N) is 3. The summed E-state index contributed by atoms with van der Waals surface area (Å²) in [4.78, 5) is 17.4. The van der Waals surface area contributed by atoms with E-state index >= 15 is 0 Å². The summed E-state index contributed by atoms with van der Waals surface area (Å²) in [5, 5.41) is 12.5. The van der Waals surface area contributed by atoms with Gasteiger partial charge in [0.05, 0.1) is 39.6 Å². The molecule has 30 heavy (non-hydrogen) atoms. The molecule has 0 aromatic carbocycles. The number of fused-ring (bicyclic) bond motifs is 5. The van der Waals surface area contributed by atoms with Crippen molar-refractivity contribution in [3.05, 3.63) is 88.0 Å². The highest BCUT2D eigenvalue weighted by atomic mass is 16.3. The Morgan fingerprint density at radius 2 is 1.23 bits per heavy atom. The van der Waals surface area contributed by atoms with Crippen LogP contribution >= 0.6 is 0 Å². The molecule has 0 aliphatic carbocycles. The molecule has 5 rings (SSSR count). The molecule has 2 N–H and O–H groups in total. The van der Waals surface area contributed by atoms with Crippen LogP contribution in [0, 0.1) is 5.41 Å². The van der Waals surface area contributed by atoms with Gasteiger partial charge in [0.25, 0.3) is 0 Å². The number of allylic oxidation sites excluding steroid dienone is 8. The van der Waals surface area contributed by atoms with Crippen LogP contribution in [-0.2, 0) is 0 Å². The number of H-pyrrole nitrogens is 1. The number of aromatic amines is 1. The Morgan fingerprint density at radius 3 is 1.77 bits per heavy atom. The highest BCUT2D eigenvalue weighted by Gasteiger charge is 2.18. The summed E-state index contributed by atoms with van der Waals surface area (Å²) < 4.78 is 0. The van der Waals surface area contributed by atoms with Gasteiger partial charge in [-0.2, -0.15) is 0 Å². The molecule has 0 amide bonds. The number of aliphatic imine (C=N–C) groups is 3. The molecular formula is C25H22N4O. The summed E-state index contributed by atoms with van der Waals surface area (Å²) >= 11 is 0. The van der Waals surface area contributed by atoms with Gasteiger partial charge >= 0.3 is 0 Å². The summed E-state index contributed by atoms with van der Waals surface area (Å²) in [7, 11) is 0. The van der Waals surface area contributed by atoms with Gasteiger partial charge in [-0.15, -0.1) is 0 Å². The summed E-state index contributed by atoms with van der Waals surface area (Å²) in [6.45, 7) is 5.98. The Morgan fingerprint density at radius 1 is 0.733 bits per heavy atom. The van der Waals surface area contributed by atoms with Gasteiger partial charge in [0, 0.05) is 16.3 Å². The Hall–Kier alpha value is -3.73. The molecule has 1 aromatic heterocycles. The van der Waals surface area contributed by atoms with Gasteiger partial charge in [0.15, 0.2) is 0 Å². The number of hydrogen-bond donors (Lipinski definition) is 2. The number of aliphatic hydroxyl groups excluding tert-OH is 1. The van der Waals surface area contributed by atoms with Crippen molar-refractivity contribution in [2.24, 2.45) is 20.4 Å². The Kier molecular flexibility index (Phi) is 4.07.